The van der Waals surface area contributed by atoms with Crippen molar-refractivity contribution in [1.82, 2.24) is 15.1 Å². The third kappa shape index (κ3) is 3.72. The van der Waals surface area contributed by atoms with Gasteiger partial charge in [0.2, 0.25) is 0 Å². The van der Waals surface area contributed by atoms with Gasteiger partial charge in [-0.25, -0.2) is 0 Å². The van der Waals surface area contributed by atoms with Crippen molar-refractivity contribution < 1.29 is 0 Å². The highest BCUT2D eigenvalue weighted by atomic mass is 15.2. The van der Waals surface area contributed by atoms with Gasteiger partial charge in [-0.3, -0.25) is 0 Å². The molecule has 1 atom stereocenters. The third-order valence-corrected chi connectivity index (χ3v) is 4.04. The Hall–Kier alpha value is -0.120. The SMILES string of the molecule is CN1CCNC(CN(C)CC2CCCC2)C1. The van der Waals surface area contributed by atoms with E-state index in [4.69, 9.17) is 0 Å². The Morgan fingerprint density at radius 2 is 2.00 bits per heavy atom. The second-order valence-electron chi connectivity index (χ2n) is 5.78. The van der Waals surface area contributed by atoms with E-state index in [1.54, 1.807) is 0 Å². The first-order chi connectivity index (χ1) is 7.74. The largest absolute Gasteiger partial charge is 0.310 e. The molecule has 3 nitrogen and oxygen atoms in total. The Balaban J connectivity index is 1.67. The molecule has 0 amide bonds. The average Bonchev–Trinajstić information content (AvgIpc) is 2.70. The molecule has 2 fully saturated rings. The molecule has 1 aliphatic heterocycles. The van der Waals surface area contributed by atoms with E-state index in [1.807, 2.05) is 0 Å². The van der Waals surface area contributed by atoms with Gasteiger partial charge >= 0.3 is 0 Å². The van der Waals surface area contributed by atoms with Crippen molar-refractivity contribution in [2.45, 2.75) is 31.7 Å². The van der Waals surface area contributed by atoms with Gasteiger partial charge in [-0.15, -0.1) is 0 Å². The molecule has 3 heteroatoms. The number of rotatable bonds is 4. The summed E-state index contributed by atoms with van der Waals surface area (Å²) in [6.07, 6.45) is 5.84. The van der Waals surface area contributed by atoms with E-state index >= 15 is 0 Å². The highest BCUT2D eigenvalue weighted by Gasteiger charge is 2.21. The zero-order chi connectivity index (χ0) is 11.4. The molecule has 1 saturated heterocycles. The number of hydrogen-bond donors (Lipinski definition) is 1. The van der Waals surface area contributed by atoms with Crippen LogP contribution in [0.3, 0.4) is 0 Å². The highest BCUT2D eigenvalue weighted by molar-refractivity contribution is 4.80. The van der Waals surface area contributed by atoms with Gasteiger partial charge in [0.05, 0.1) is 0 Å². The van der Waals surface area contributed by atoms with Crippen molar-refractivity contribution >= 4 is 0 Å². The minimum Gasteiger partial charge on any atom is -0.310 e. The normalized spacial score (nSPS) is 29.1. The van der Waals surface area contributed by atoms with Crippen LogP contribution < -0.4 is 5.32 Å². The van der Waals surface area contributed by atoms with Gasteiger partial charge in [0.15, 0.2) is 0 Å². The van der Waals surface area contributed by atoms with Crippen molar-refractivity contribution in [3.8, 4) is 0 Å². The summed E-state index contributed by atoms with van der Waals surface area (Å²) in [6, 6.07) is 0.671. The zero-order valence-corrected chi connectivity index (χ0v) is 10.9. The number of hydrogen-bond acceptors (Lipinski definition) is 3. The molecule has 1 unspecified atom stereocenters. The Labute approximate surface area is 100 Å². The first kappa shape index (κ1) is 12.3. The molecule has 16 heavy (non-hydrogen) atoms. The van der Waals surface area contributed by atoms with E-state index in [0.29, 0.717) is 6.04 Å². The molecule has 94 valence electrons. The lowest BCUT2D eigenvalue weighted by molar-refractivity contribution is 0.184. The Kier molecular flexibility index (Phi) is 4.62. The van der Waals surface area contributed by atoms with Crippen molar-refractivity contribution in [2.24, 2.45) is 5.92 Å². The van der Waals surface area contributed by atoms with E-state index in [9.17, 15) is 0 Å². The van der Waals surface area contributed by atoms with Crippen LogP contribution in [0.15, 0.2) is 0 Å². The van der Waals surface area contributed by atoms with E-state index < -0.39 is 0 Å². The van der Waals surface area contributed by atoms with Gasteiger partial charge in [0.25, 0.3) is 0 Å². The lowest BCUT2D eigenvalue weighted by Crippen LogP contribution is -2.53. The Morgan fingerprint density at radius 3 is 2.69 bits per heavy atom. The molecule has 2 rings (SSSR count). The van der Waals surface area contributed by atoms with Crippen molar-refractivity contribution in [3.63, 3.8) is 0 Å². The fourth-order valence-corrected chi connectivity index (χ4v) is 3.20. The maximum Gasteiger partial charge on any atom is 0.0322 e. The van der Waals surface area contributed by atoms with Gasteiger partial charge in [-0.1, -0.05) is 12.8 Å². The van der Waals surface area contributed by atoms with E-state index in [-0.39, 0.29) is 0 Å². The predicted molar refractivity (Wildman–Crippen MR) is 68.7 cm³/mol. The summed E-state index contributed by atoms with van der Waals surface area (Å²) >= 11 is 0. The standard InChI is InChI=1S/C13H27N3/c1-15-8-7-14-13(10-15)11-16(2)9-12-5-3-4-6-12/h12-14H,3-11H2,1-2H3. The molecule has 1 saturated carbocycles. The monoisotopic (exact) mass is 225 g/mol. The molecule has 1 N–H and O–H groups in total. The van der Waals surface area contributed by atoms with E-state index in [2.05, 4.69) is 29.2 Å². The first-order valence-corrected chi connectivity index (χ1v) is 6.84. The molecule has 0 radical (unpaired) electrons. The van der Waals surface area contributed by atoms with Gasteiger partial charge in [0, 0.05) is 38.8 Å². The summed E-state index contributed by atoms with van der Waals surface area (Å²) in [4.78, 5) is 4.97. The van der Waals surface area contributed by atoms with Crippen LogP contribution in [-0.4, -0.2) is 62.7 Å². The van der Waals surface area contributed by atoms with Crippen LogP contribution in [0.4, 0.5) is 0 Å². The third-order valence-electron chi connectivity index (χ3n) is 4.04. The second-order valence-corrected chi connectivity index (χ2v) is 5.78. The number of piperazine rings is 1. The molecule has 1 aliphatic carbocycles. The van der Waals surface area contributed by atoms with Crippen LogP contribution in [0.25, 0.3) is 0 Å². The summed E-state index contributed by atoms with van der Waals surface area (Å²) in [7, 11) is 4.51. The average molecular weight is 225 g/mol. The fourth-order valence-electron chi connectivity index (χ4n) is 3.20. The summed E-state index contributed by atoms with van der Waals surface area (Å²) in [6.45, 7) is 6.07. The minimum atomic E-state index is 0.671. The maximum atomic E-state index is 3.62. The van der Waals surface area contributed by atoms with Crippen molar-refractivity contribution in [1.29, 1.82) is 0 Å². The van der Waals surface area contributed by atoms with Crippen molar-refractivity contribution in [2.75, 3.05) is 46.8 Å². The topological polar surface area (TPSA) is 18.5 Å². The van der Waals surface area contributed by atoms with Gasteiger partial charge in [0.1, 0.15) is 0 Å². The molecule has 0 spiro atoms. The van der Waals surface area contributed by atoms with Crippen LogP contribution in [0.2, 0.25) is 0 Å². The fraction of sp³-hybridized carbons (Fsp3) is 1.00. The molecular formula is C13H27N3. The summed E-state index contributed by atoms with van der Waals surface area (Å²) in [5.41, 5.74) is 0. The molecular weight excluding hydrogens is 198 g/mol. The maximum absolute atomic E-state index is 3.62. The lowest BCUT2D eigenvalue weighted by atomic mass is 10.1. The lowest BCUT2D eigenvalue weighted by Gasteiger charge is -2.34. The second kappa shape index (κ2) is 5.99. The number of nitrogens with one attached hydrogen (secondary N) is 1. The van der Waals surface area contributed by atoms with Crippen LogP contribution in [0.5, 0.6) is 0 Å². The molecule has 0 aromatic rings. The van der Waals surface area contributed by atoms with Crippen molar-refractivity contribution in [3.05, 3.63) is 0 Å². The highest BCUT2D eigenvalue weighted by Crippen LogP contribution is 2.25. The molecule has 0 bridgehead atoms. The zero-order valence-electron chi connectivity index (χ0n) is 10.9. The summed E-state index contributed by atoms with van der Waals surface area (Å²) in [5, 5.41) is 3.62. The first-order valence-electron chi connectivity index (χ1n) is 6.84. The Bertz CT molecular complexity index is 201. The Morgan fingerprint density at radius 1 is 1.25 bits per heavy atom. The van der Waals surface area contributed by atoms with E-state index in [0.717, 1.165) is 12.5 Å². The van der Waals surface area contributed by atoms with Gasteiger partial charge in [-0.05, 0) is 32.9 Å². The van der Waals surface area contributed by atoms with Gasteiger partial charge in [-0.2, -0.15) is 0 Å². The predicted octanol–water partition coefficient (Wildman–Crippen LogP) is 1.01. The summed E-state index contributed by atoms with van der Waals surface area (Å²) in [5.74, 6) is 0.978. The smallest absolute Gasteiger partial charge is 0.0322 e. The quantitative estimate of drug-likeness (QED) is 0.770. The van der Waals surface area contributed by atoms with Crippen LogP contribution in [-0.2, 0) is 0 Å². The van der Waals surface area contributed by atoms with E-state index in [1.165, 1.54) is 51.9 Å². The molecule has 2 aliphatic rings. The van der Waals surface area contributed by atoms with Crippen LogP contribution >= 0.6 is 0 Å². The number of likely N-dealkylation sites (N-methyl/N-ethyl adjacent to an activating group) is 2. The summed E-state index contributed by atoms with van der Waals surface area (Å²) < 4.78 is 0. The number of nitrogens with zero attached hydrogens (tertiary/aromatic N) is 2. The molecule has 0 aromatic heterocycles. The minimum absolute atomic E-state index is 0.671. The van der Waals surface area contributed by atoms with Crippen LogP contribution in [0, 0.1) is 5.92 Å². The van der Waals surface area contributed by atoms with Gasteiger partial charge < -0.3 is 15.1 Å². The van der Waals surface area contributed by atoms with Crippen LogP contribution in [0.1, 0.15) is 25.7 Å². The molecule has 1 heterocycles. The molecule has 0 aromatic carbocycles.